The number of rotatable bonds is 4. The van der Waals surface area contributed by atoms with Crippen LogP contribution >= 0.6 is 0 Å². The zero-order valence-electron chi connectivity index (χ0n) is 14.3. The zero-order valence-corrected chi connectivity index (χ0v) is 14.3. The number of aliphatic hydroxyl groups excluding tert-OH is 1. The van der Waals surface area contributed by atoms with Gasteiger partial charge in [-0.05, 0) is 52.5 Å². The van der Waals surface area contributed by atoms with Crippen LogP contribution in [0.5, 0.6) is 0 Å². The molecule has 0 unspecified atom stereocenters. The van der Waals surface area contributed by atoms with Gasteiger partial charge >= 0.3 is 6.09 Å². The van der Waals surface area contributed by atoms with E-state index >= 15 is 0 Å². The number of amides is 1. The van der Waals surface area contributed by atoms with Gasteiger partial charge in [0.2, 0.25) is 0 Å². The predicted octanol–water partition coefficient (Wildman–Crippen LogP) is 3.43. The Morgan fingerprint density at radius 2 is 1.78 bits per heavy atom. The first-order chi connectivity index (χ1) is 10.9. The third kappa shape index (κ3) is 5.75. The molecule has 0 radical (unpaired) electrons. The smallest absolute Gasteiger partial charge is 0.407 e. The average molecular weight is 320 g/mol. The van der Waals surface area contributed by atoms with Gasteiger partial charge in [-0.15, -0.1) is 0 Å². The summed E-state index contributed by atoms with van der Waals surface area (Å²) in [5, 5.41) is 15.8. The minimum Gasteiger partial charge on any atom is -0.444 e. The van der Waals surface area contributed by atoms with Crippen LogP contribution in [0.3, 0.4) is 0 Å². The molecule has 0 aromatic heterocycles. The summed E-state index contributed by atoms with van der Waals surface area (Å²) in [4.78, 5) is 11.8. The maximum Gasteiger partial charge on any atom is 0.407 e. The lowest BCUT2D eigenvalue weighted by Gasteiger charge is -2.31. The Labute approximate surface area is 138 Å². The third-order valence-corrected chi connectivity index (χ3v) is 4.00. The van der Waals surface area contributed by atoms with Gasteiger partial charge in [0.05, 0.1) is 6.61 Å². The molecular formula is C18H28N2O3. The van der Waals surface area contributed by atoms with Crippen molar-refractivity contribution in [3.63, 3.8) is 0 Å². The standard InChI is InChI=1S/C18H28N2O3/c1-18(2,3)23-17(22)20-15-10-8-14(9-11-15)19-16-7-5-4-6-13(16)12-21/h4-7,14-15,19,21H,8-12H2,1-3H3,(H,20,22). The minimum absolute atomic E-state index is 0.0404. The van der Waals surface area contributed by atoms with Crippen molar-refractivity contribution in [1.29, 1.82) is 0 Å². The van der Waals surface area contributed by atoms with E-state index in [1.54, 1.807) is 0 Å². The maximum absolute atomic E-state index is 11.8. The lowest BCUT2D eigenvalue weighted by Crippen LogP contribution is -2.42. The highest BCUT2D eigenvalue weighted by atomic mass is 16.6. The Balaban J connectivity index is 1.79. The summed E-state index contributed by atoms with van der Waals surface area (Å²) in [6, 6.07) is 8.37. The van der Waals surface area contributed by atoms with Gasteiger partial charge in [-0.3, -0.25) is 0 Å². The fourth-order valence-electron chi connectivity index (χ4n) is 2.88. The molecule has 0 heterocycles. The molecule has 128 valence electrons. The van der Waals surface area contributed by atoms with Gasteiger partial charge in [-0.1, -0.05) is 18.2 Å². The fourth-order valence-corrected chi connectivity index (χ4v) is 2.88. The van der Waals surface area contributed by atoms with Gasteiger partial charge in [0.25, 0.3) is 0 Å². The van der Waals surface area contributed by atoms with E-state index < -0.39 is 5.60 Å². The molecule has 2 rings (SSSR count). The molecule has 1 saturated carbocycles. The van der Waals surface area contributed by atoms with E-state index in [2.05, 4.69) is 10.6 Å². The minimum atomic E-state index is -0.461. The molecule has 1 aliphatic rings. The van der Waals surface area contributed by atoms with Gasteiger partial charge in [0.1, 0.15) is 5.60 Å². The number of anilines is 1. The van der Waals surface area contributed by atoms with Gasteiger partial charge in [-0.25, -0.2) is 4.79 Å². The second-order valence-electron chi connectivity index (χ2n) is 7.15. The first-order valence-electron chi connectivity index (χ1n) is 8.32. The number of nitrogens with one attached hydrogen (secondary N) is 2. The van der Waals surface area contributed by atoms with Crippen molar-refractivity contribution in [2.45, 2.75) is 70.7 Å². The van der Waals surface area contributed by atoms with E-state index in [4.69, 9.17) is 4.74 Å². The highest BCUT2D eigenvalue weighted by Gasteiger charge is 2.24. The lowest BCUT2D eigenvalue weighted by atomic mass is 9.91. The summed E-state index contributed by atoms with van der Waals surface area (Å²) in [6.07, 6.45) is 3.50. The van der Waals surface area contributed by atoms with Crippen molar-refractivity contribution in [2.24, 2.45) is 0 Å². The number of carbonyl (C=O) groups is 1. The molecule has 0 atom stereocenters. The van der Waals surface area contributed by atoms with E-state index in [1.165, 1.54) is 0 Å². The van der Waals surface area contributed by atoms with Crippen molar-refractivity contribution in [3.05, 3.63) is 29.8 Å². The van der Waals surface area contributed by atoms with E-state index in [0.29, 0.717) is 6.04 Å². The monoisotopic (exact) mass is 320 g/mol. The van der Waals surface area contributed by atoms with E-state index in [-0.39, 0.29) is 18.7 Å². The van der Waals surface area contributed by atoms with Crippen LogP contribution in [0, 0.1) is 0 Å². The summed E-state index contributed by atoms with van der Waals surface area (Å²) in [7, 11) is 0. The van der Waals surface area contributed by atoms with E-state index in [0.717, 1.165) is 36.9 Å². The van der Waals surface area contributed by atoms with Crippen LogP contribution in [0.4, 0.5) is 10.5 Å². The number of ether oxygens (including phenoxy) is 1. The first kappa shape index (κ1) is 17.6. The molecule has 0 bridgehead atoms. The molecule has 0 spiro atoms. The highest BCUT2D eigenvalue weighted by molar-refractivity contribution is 5.68. The molecule has 3 N–H and O–H groups in total. The number of aliphatic hydroxyl groups is 1. The maximum atomic E-state index is 11.8. The van der Waals surface area contributed by atoms with Crippen LogP contribution < -0.4 is 10.6 Å². The molecule has 0 aliphatic heterocycles. The van der Waals surface area contributed by atoms with Gasteiger partial charge < -0.3 is 20.5 Å². The normalized spacial score (nSPS) is 21.6. The summed E-state index contributed by atoms with van der Waals surface area (Å²) >= 11 is 0. The molecule has 1 aromatic rings. The number of carbonyl (C=O) groups excluding carboxylic acids is 1. The Morgan fingerprint density at radius 1 is 1.17 bits per heavy atom. The van der Waals surface area contributed by atoms with Crippen molar-refractivity contribution in [3.8, 4) is 0 Å². The van der Waals surface area contributed by atoms with Gasteiger partial charge in [0, 0.05) is 23.3 Å². The molecule has 5 nitrogen and oxygen atoms in total. The SMILES string of the molecule is CC(C)(C)OC(=O)NC1CCC(Nc2ccccc2CO)CC1. The number of para-hydroxylation sites is 1. The Kier molecular flexibility index (Phi) is 5.88. The Morgan fingerprint density at radius 3 is 2.39 bits per heavy atom. The van der Waals surface area contributed by atoms with Gasteiger partial charge in [-0.2, -0.15) is 0 Å². The van der Waals surface area contributed by atoms with E-state index in [9.17, 15) is 9.90 Å². The topological polar surface area (TPSA) is 70.6 Å². The number of hydrogen-bond donors (Lipinski definition) is 3. The van der Waals surface area contributed by atoms with Gasteiger partial charge in [0.15, 0.2) is 0 Å². The third-order valence-electron chi connectivity index (χ3n) is 4.00. The molecule has 0 saturated heterocycles. The molecule has 23 heavy (non-hydrogen) atoms. The molecule has 1 aromatic carbocycles. The Bertz CT molecular complexity index is 517. The van der Waals surface area contributed by atoms with Crippen molar-refractivity contribution in [1.82, 2.24) is 5.32 Å². The molecule has 1 amide bonds. The summed E-state index contributed by atoms with van der Waals surface area (Å²) in [6.45, 7) is 5.64. The summed E-state index contributed by atoms with van der Waals surface area (Å²) in [5.74, 6) is 0. The molecular weight excluding hydrogens is 292 g/mol. The molecule has 1 aliphatic carbocycles. The first-order valence-corrected chi connectivity index (χ1v) is 8.32. The quantitative estimate of drug-likeness (QED) is 0.795. The second kappa shape index (κ2) is 7.68. The van der Waals surface area contributed by atoms with Crippen LogP contribution in [0.15, 0.2) is 24.3 Å². The van der Waals surface area contributed by atoms with Crippen molar-refractivity contribution < 1.29 is 14.6 Å². The second-order valence-corrected chi connectivity index (χ2v) is 7.15. The number of alkyl carbamates (subject to hydrolysis) is 1. The predicted molar refractivity (Wildman–Crippen MR) is 91.4 cm³/mol. The van der Waals surface area contributed by atoms with E-state index in [1.807, 2.05) is 45.0 Å². The van der Waals surface area contributed by atoms with Crippen LogP contribution in [-0.2, 0) is 11.3 Å². The van der Waals surface area contributed by atoms with Crippen LogP contribution in [0.1, 0.15) is 52.0 Å². The summed E-state index contributed by atoms with van der Waals surface area (Å²) < 4.78 is 5.30. The van der Waals surface area contributed by atoms with Crippen molar-refractivity contribution >= 4 is 11.8 Å². The van der Waals surface area contributed by atoms with Crippen LogP contribution in [0.25, 0.3) is 0 Å². The van der Waals surface area contributed by atoms with Crippen LogP contribution in [-0.4, -0.2) is 28.9 Å². The number of hydrogen-bond acceptors (Lipinski definition) is 4. The fraction of sp³-hybridized carbons (Fsp3) is 0.611. The largest absolute Gasteiger partial charge is 0.444 e. The lowest BCUT2D eigenvalue weighted by molar-refractivity contribution is 0.0492. The molecule has 1 fully saturated rings. The zero-order chi connectivity index (χ0) is 16.9. The average Bonchev–Trinajstić information content (AvgIpc) is 2.48. The molecule has 5 heteroatoms. The van der Waals surface area contributed by atoms with Crippen LogP contribution in [0.2, 0.25) is 0 Å². The Hall–Kier alpha value is -1.75. The highest BCUT2D eigenvalue weighted by Crippen LogP contribution is 2.24. The number of benzene rings is 1. The van der Waals surface area contributed by atoms with Crippen molar-refractivity contribution in [2.75, 3.05) is 5.32 Å². The summed E-state index contributed by atoms with van der Waals surface area (Å²) in [5.41, 5.74) is 1.46.